The lowest BCUT2D eigenvalue weighted by Gasteiger charge is -2.45. The summed E-state index contributed by atoms with van der Waals surface area (Å²) in [4.78, 5) is 9.31. The molecular formula is C16H28N4O. The molecule has 0 aliphatic carbocycles. The minimum atomic E-state index is -0.304. The topological polar surface area (TPSA) is 54.6 Å². The van der Waals surface area contributed by atoms with E-state index in [1.165, 1.54) is 0 Å². The number of rotatable bonds is 2. The molecule has 2 rings (SSSR count). The quantitative estimate of drug-likeness (QED) is 0.907. The first-order chi connectivity index (χ1) is 9.58. The van der Waals surface area contributed by atoms with Gasteiger partial charge in [-0.2, -0.15) is 4.98 Å². The summed E-state index contributed by atoms with van der Waals surface area (Å²) in [6.07, 6.45) is 0. The summed E-state index contributed by atoms with van der Waals surface area (Å²) in [6.45, 7) is 13.4. The summed E-state index contributed by atoms with van der Waals surface area (Å²) in [5.41, 5.74) is 6.40. The van der Waals surface area contributed by atoms with E-state index in [1.54, 1.807) is 0 Å². The van der Waals surface area contributed by atoms with Gasteiger partial charge in [-0.3, -0.25) is 4.90 Å². The lowest BCUT2D eigenvalue weighted by Crippen LogP contribution is -2.57. The van der Waals surface area contributed by atoms with Gasteiger partial charge < -0.3 is 15.4 Å². The van der Waals surface area contributed by atoms with Crippen molar-refractivity contribution in [2.45, 2.75) is 45.8 Å². The number of nitrogen functional groups attached to an aromatic ring is 1. The van der Waals surface area contributed by atoms with E-state index in [-0.39, 0.29) is 11.1 Å². The molecule has 1 fully saturated rings. The molecule has 2 N–H and O–H groups in total. The van der Waals surface area contributed by atoms with Crippen molar-refractivity contribution in [2.75, 3.05) is 37.3 Å². The Hall–Kier alpha value is -1.49. The highest BCUT2D eigenvalue weighted by molar-refractivity contribution is 5.55. The van der Waals surface area contributed by atoms with Gasteiger partial charge in [0.1, 0.15) is 11.4 Å². The smallest absolute Gasteiger partial charge is 0.239 e. The number of anilines is 2. The van der Waals surface area contributed by atoms with Crippen LogP contribution in [0.2, 0.25) is 0 Å². The Balaban J connectivity index is 2.23. The number of ether oxygens (including phenoxy) is 1. The number of piperazine rings is 1. The van der Waals surface area contributed by atoms with Crippen molar-refractivity contribution in [3.05, 3.63) is 12.1 Å². The number of aromatic nitrogens is 1. The molecule has 1 saturated heterocycles. The summed E-state index contributed by atoms with van der Waals surface area (Å²) in [5, 5.41) is 0. The second-order valence-electron chi connectivity index (χ2n) is 7.43. The molecule has 0 unspecified atom stereocenters. The van der Waals surface area contributed by atoms with Crippen LogP contribution in [0.15, 0.2) is 12.1 Å². The van der Waals surface area contributed by atoms with Gasteiger partial charge in [-0.1, -0.05) is 0 Å². The predicted molar refractivity (Wildman–Crippen MR) is 88.0 cm³/mol. The number of nitrogens with two attached hydrogens (primary N) is 1. The molecule has 2 heterocycles. The molecule has 1 aliphatic heterocycles. The molecule has 0 atom stereocenters. The van der Waals surface area contributed by atoms with Crippen molar-refractivity contribution in [1.82, 2.24) is 9.88 Å². The fraction of sp³-hybridized carbons (Fsp3) is 0.688. The summed E-state index contributed by atoms with van der Waals surface area (Å²) < 4.78 is 5.86. The van der Waals surface area contributed by atoms with Gasteiger partial charge >= 0.3 is 0 Å². The van der Waals surface area contributed by atoms with Crippen LogP contribution in [-0.2, 0) is 0 Å². The Bertz CT molecular complexity index is 507. The van der Waals surface area contributed by atoms with Crippen molar-refractivity contribution in [3.63, 3.8) is 0 Å². The summed E-state index contributed by atoms with van der Waals surface area (Å²) in [5.74, 6) is 1.46. The molecule has 21 heavy (non-hydrogen) atoms. The number of hydrogen-bond donors (Lipinski definition) is 1. The molecule has 118 valence electrons. The van der Waals surface area contributed by atoms with Crippen molar-refractivity contribution < 1.29 is 4.74 Å². The van der Waals surface area contributed by atoms with E-state index in [2.05, 4.69) is 35.7 Å². The van der Waals surface area contributed by atoms with Crippen molar-refractivity contribution in [3.8, 4) is 5.88 Å². The van der Waals surface area contributed by atoms with E-state index >= 15 is 0 Å². The van der Waals surface area contributed by atoms with Gasteiger partial charge in [0, 0.05) is 25.2 Å². The van der Waals surface area contributed by atoms with Crippen LogP contribution in [0.4, 0.5) is 11.5 Å². The maximum absolute atomic E-state index is 5.99. The van der Waals surface area contributed by atoms with Crippen LogP contribution in [-0.4, -0.2) is 47.7 Å². The third kappa shape index (κ3) is 3.79. The first-order valence-electron chi connectivity index (χ1n) is 7.50. The molecule has 1 aliphatic rings. The van der Waals surface area contributed by atoms with Crippen LogP contribution in [0.3, 0.4) is 0 Å². The van der Waals surface area contributed by atoms with Crippen molar-refractivity contribution in [1.29, 1.82) is 0 Å². The lowest BCUT2D eigenvalue weighted by molar-refractivity contribution is 0.124. The average molecular weight is 292 g/mol. The summed E-state index contributed by atoms with van der Waals surface area (Å²) in [6, 6.07) is 3.86. The molecule has 0 amide bonds. The van der Waals surface area contributed by atoms with Gasteiger partial charge in [-0.05, 0) is 53.8 Å². The lowest BCUT2D eigenvalue weighted by atomic mass is 10.00. The Morgan fingerprint density at radius 1 is 1.24 bits per heavy atom. The van der Waals surface area contributed by atoms with E-state index in [4.69, 9.17) is 10.5 Å². The molecule has 0 aromatic carbocycles. The Kier molecular flexibility index (Phi) is 4.06. The fourth-order valence-electron chi connectivity index (χ4n) is 2.43. The molecule has 0 spiro atoms. The molecular weight excluding hydrogens is 264 g/mol. The van der Waals surface area contributed by atoms with Crippen LogP contribution in [0.5, 0.6) is 5.88 Å². The zero-order valence-electron chi connectivity index (χ0n) is 14.1. The fourth-order valence-corrected chi connectivity index (χ4v) is 2.43. The first kappa shape index (κ1) is 15.9. The highest BCUT2D eigenvalue weighted by atomic mass is 16.5. The van der Waals surface area contributed by atoms with Crippen molar-refractivity contribution in [2.24, 2.45) is 0 Å². The summed E-state index contributed by atoms with van der Waals surface area (Å²) >= 11 is 0. The third-order valence-electron chi connectivity index (χ3n) is 3.92. The van der Waals surface area contributed by atoms with Gasteiger partial charge in [-0.25, -0.2) is 0 Å². The third-order valence-corrected chi connectivity index (χ3v) is 3.92. The standard InChI is InChI=1S/C16H28N4O/c1-15(2,3)21-14-12(17)7-8-13(18-14)20-10-9-19(6)16(4,5)11-20/h7-8H,9-11,17H2,1-6H3. The predicted octanol–water partition coefficient (Wildman–Crippen LogP) is 2.37. The zero-order chi connectivity index (χ0) is 15.8. The maximum atomic E-state index is 5.99. The molecule has 0 saturated carbocycles. The first-order valence-corrected chi connectivity index (χ1v) is 7.50. The Morgan fingerprint density at radius 3 is 2.48 bits per heavy atom. The van der Waals surface area contributed by atoms with Crippen LogP contribution in [0.1, 0.15) is 34.6 Å². The Labute approximate surface area is 128 Å². The second kappa shape index (κ2) is 5.37. The molecule has 0 bridgehead atoms. The highest BCUT2D eigenvalue weighted by Crippen LogP contribution is 2.29. The van der Waals surface area contributed by atoms with Crippen LogP contribution in [0, 0.1) is 0 Å². The average Bonchev–Trinajstić information content (AvgIpc) is 2.34. The number of likely N-dealkylation sites (N-methyl/N-ethyl adjacent to an activating group) is 1. The van der Waals surface area contributed by atoms with Crippen LogP contribution >= 0.6 is 0 Å². The minimum absolute atomic E-state index is 0.131. The van der Waals surface area contributed by atoms with E-state index in [1.807, 2.05) is 32.9 Å². The minimum Gasteiger partial charge on any atom is -0.470 e. The molecule has 5 nitrogen and oxygen atoms in total. The van der Waals surface area contributed by atoms with Crippen molar-refractivity contribution >= 4 is 11.5 Å². The normalized spacial score (nSPS) is 19.6. The number of hydrogen-bond acceptors (Lipinski definition) is 5. The number of nitrogens with zero attached hydrogens (tertiary/aromatic N) is 3. The van der Waals surface area contributed by atoms with Gasteiger partial charge in [0.05, 0.1) is 5.69 Å². The zero-order valence-corrected chi connectivity index (χ0v) is 14.1. The van der Waals surface area contributed by atoms with Gasteiger partial charge in [-0.15, -0.1) is 0 Å². The Morgan fingerprint density at radius 2 is 1.90 bits per heavy atom. The largest absolute Gasteiger partial charge is 0.470 e. The number of pyridine rings is 1. The SMILES string of the molecule is CN1CCN(c2ccc(N)c(OC(C)(C)C)n2)CC1(C)C. The van der Waals surface area contributed by atoms with Gasteiger partial charge in [0.2, 0.25) is 5.88 Å². The van der Waals surface area contributed by atoms with E-state index in [0.717, 1.165) is 25.5 Å². The monoisotopic (exact) mass is 292 g/mol. The van der Waals surface area contributed by atoms with Crippen LogP contribution < -0.4 is 15.4 Å². The summed E-state index contributed by atoms with van der Waals surface area (Å²) in [7, 11) is 2.17. The van der Waals surface area contributed by atoms with Gasteiger partial charge in [0.15, 0.2) is 0 Å². The molecule has 1 aromatic heterocycles. The van der Waals surface area contributed by atoms with Crippen LogP contribution in [0.25, 0.3) is 0 Å². The highest BCUT2D eigenvalue weighted by Gasteiger charge is 2.31. The van der Waals surface area contributed by atoms with E-state index in [9.17, 15) is 0 Å². The molecule has 0 radical (unpaired) electrons. The van der Waals surface area contributed by atoms with Gasteiger partial charge in [0.25, 0.3) is 0 Å². The van der Waals surface area contributed by atoms with E-state index in [0.29, 0.717) is 11.6 Å². The van der Waals surface area contributed by atoms with E-state index < -0.39 is 0 Å². The second-order valence-corrected chi connectivity index (χ2v) is 7.43. The molecule has 1 aromatic rings. The maximum Gasteiger partial charge on any atom is 0.239 e. The molecule has 5 heteroatoms.